The van der Waals surface area contributed by atoms with E-state index in [4.69, 9.17) is 10.5 Å². The number of nitrogens with zero attached hydrogens (tertiary/aromatic N) is 2. The van der Waals surface area contributed by atoms with Crippen LogP contribution in [0, 0.1) is 5.92 Å². The highest BCUT2D eigenvalue weighted by molar-refractivity contribution is 5.78. The topological polar surface area (TPSA) is 82.2 Å². The molecule has 2 aromatic rings. The second-order valence-corrected chi connectivity index (χ2v) is 7.55. The predicted molar refractivity (Wildman–Crippen MR) is 107 cm³/mol. The van der Waals surface area contributed by atoms with Crippen LogP contribution in [0.3, 0.4) is 0 Å². The molecule has 3 N–H and O–H groups in total. The molecule has 1 aliphatic rings. The van der Waals surface area contributed by atoms with E-state index >= 15 is 0 Å². The SMILES string of the molecule is CCCO[C@@H]1C[C@@H](C(=O)NCCCc2nc3ccccc3n2C)CC[C@H]1N. The average Bonchev–Trinajstić information content (AvgIpc) is 3.00. The molecular formula is C21H32N4O2. The maximum Gasteiger partial charge on any atom is 0.223 e. The van der Waals surface area contributed by atoms with Crippen LogP contribution in [0.15, 0.2) is 24.3 Å². The first kappa shape index (κ1) is 19.8. The van der Waals surface area contributed by atoms with Gasteiger partial charge in [0.15, 0.2) is 0 Å². The highest BCUT2D eigenvalue weighted by Crippen LogP contribution is 2.26. The lowest BCUT2D eigenvalue weighted by atomic mass is 9.83. The molecule has 1 aromatic carbocycles. The summed E-state index contributed by atoms with van der Waals surface area (Å²) in [7, 11) is 2.05. The van der Waals surface area contributed by atoms with E-state index < -0.39 is 0 Å². The fourth-order valence-electron chi connectivity index (χ4n) is 3.87. The summed E-state index contributed by atoms with van der Waals surface area (Å²) >= 11 is 0. The number of amides is 1. The molecule has 6 nitrogen and oxygen atoms in total. The van der Waals surface area contributed by atoms with Gasteiger partial charge in [-0.1, -0.05) is 19.1 Å². The first-order valence-corrected chi connectivity index (χ1v) is 10.2. The van der Waals surface area contributed by atoms with Gasteiger partial charge in [0.1, 0.15) is 5.82 Å². The number of ether oxygens (including phenoxy) is 1. The molecule has 1 saturated carbocycles. The number of imidazole rings is 1. The maximum atomic E-state index is 12.5. The molecule has 1 heterocycles. The Labute approximate surface area is 161 Å². The van der Waals surface area contributed by atoms with Gasteiger partial charge in [0.25, 0.3) is 0 Å². The third-order valence-corrected chi connectivity index (χ3v) is 5.51. The molecule has 0 radical (unpaired) electrons. The quantitative estimate of drug-likeness (QED) is 0.698. The lowest BCUT2D eigenvalue weighted by Gasteiger charge is -2.33. The van der Waals surface area contributed by atoms with Crippen molar-refractivity contribution in [3.05, 3.63) is 30.1 Å². The number of benzene rings is 1. The summed E-state index contributed by atoms with van der Waals surface area (Å²) in [5.74, 6) is 1.21. The van der Waals surface area contributed by atoms with Crippen LogP contribution in [-0.2, 0) is 23.0 Å². The van der Waals surface area contributed by atoms with Crippen LogP contribution in [0.25, 0.3) is 11.0 Å². The Morgan fingerprint density at radius 2 is 2.19 bits per heavy atom. The Hall–Kier alpha value is -1.92. The minimum Gasteiger partial charge on any atom is -0.377 e. The fourth-order valence-corrected chi connectivity index (χ4v) is 3.87. The first-order valence-electron chi connectivity index (χ1n) is 10.2. The molecule has 1 fully saturated rings. The Morgan fingerprint density at radius 3 is 2.96 bits per heavy atom. The second-order valence-electron chi connectivity index (χ2n) is 7.55. The number of hydrogen-bond acceptors (Lipinski definition) is 4. The van der Waals surface area contributed by atoms with Gasteiger partial charge in [0, 0.05) is 38.6 Å². The number of nitrogens with two attached hydrogens (primary N) is 1. The summed E-state index contributed by atoms with van der Waals surface area (Å²) in [6.07, 6.45) is 5.15. The smallest absolute Gasteiger partial charge is 0.223 e. The molecule has 1 aliphatic carbocycles. The van der Waals surface area contributed by atoms with Gasteiger partial charge >= 0.3 is 0 Å². The van der Waals surface area contributed by atoms with E-state index in [1.807, 2.05) is 25.2 Å². The van der Waals surface area contributed by atoms with Crippen LogP contribution in [0.1, 0.15) is 44.9 Å². The van der Waals surface area contributed by atoms with Gasteiger partial charge in [-0.25, -0.2) is 4.98 Å². The predicted octanol–water partition coefficient (Wildman–Crippen LogP) is 2.54. The van der Waals surface area contributed by atoms with Crippen LogP contribution in [-0.4, -0.2) is 40.8 Å². The molecule has 0 unspecified atom stereocenters. The molecule has 1 aromatic heterocycles. The number of fused-ring (bicyclic) bond motifs is 1. The summed E-state index contributed by atoms with van der Waals surface area (Å²) in [4.78, 5) is 17.2. The van der Waals surface area contributed by atoms with E-state index in [1.165, 1.54) is 0 Å². The Bertz CT molecular complexity index is 758. The van der Waals surface area contributed by atoms with Gasteiger partial charge in [-0.15, -0.1) is 0 Å². The van der Waals surface area contributed by atoms with Gasteiger partial charge in [-0.3, -0.25) is 4.79 Å². The Morgan fingerprint density at radius 1 is 1.37 bits per heavy atom. The number of para-hydroxylation sites is 2. The highest BCUT2D eigenvalue weighted by Gasteiger charge is 2.32. The van der Waals surface area contributed by atoms with E-state index in [9.17, 15) is 4.79 Å². The van der Waals surface area contributed by atoms with Gasteiger partial charge in [0.2, 0.25) is 5.91 Å². The Balaban J connectivity index is 1.44. The van der Waals surface area contributed by atoms with E-state index in [0.29, 0.717) is 13.2 Å². The van der Waals surface area contributed by atoms with Crippen LogP contribution < -0.4 is 11.1 Å². The molecule has 1 amide bonds. The van der Waals surface area contributed by atoms with Crippen molar-refractivity contribution < 1.29 is 9.53 Å². The molecular weight excluding hydrogens is 340 g/mol. The maximum absolute atomic E-state index is 12.5. The summed E-state index contributed by atoms with van der Waals surface area (Å²) in [5.41, 5.74) is 8.32. The van der Waals surface area contributed by atoms with E-state index in [2.05, 4.69) is 27.9 Å². The summed E-state index contributed by atoms with van der Waals surface area (Å²) in [6.45, 7) is 3.47. The van der Waals surface area contributed by atoms with Crippen LogP contribution in [0.4, 0.5) is 0 Å². The number of aromatic nitrogens is 2. The van der Waals surface area contributed by atoms with Crippen molar-refractivity contribution in [2.75, 3.05) is 13.2 Å². The second kappa shape index (κ2) is 9.33. The van der Waals surface area contributed by atoms with Gasteiger partial charge in [-0.05, 0) is 44.2 Å². The minimum atomic E-state index is 0.00875. The zero-order valence-electron chi connectivity index (χ0n) is 16.5. The lowest BCUT2D eigenvalue weighted by molar-refractivity contribution is -0.128. The molecule has 0 aliphatic heterocycles. The molecule has 148 valence electrons. The molecule has 0 bridgehead atoms. The van der Waals surface area contributed by atoms with Gasteiger partial charge < -0.3 is 20.4 Å². The Kier molecular flexibility index (Phi) is 6.85. The fraction of sp³-hybridized carbons (Fsp3) is 0.619. The standard InChI is InChI=1S/C21H32N4O2/c1-3-13-27-19-14-15(10-11-16(19)22)21(26)23-12-6-9-20-24-17-7-4-5-8-18(17)25(20)2/h4-5,7-8,15-16,19H,3,6,9-14,22H2,1-2H3,(H,23,26)/t15-,16+,19+/m0/s1. The number of carbonyl (C=O) groups excluding carboxylic acids is 1. The molecule has 0 saturated heterocycles. The third kappa shape index (κ3) is 4.87. The molecule has 6 heteroatoms. The van der Waals surface area contributed by atoms with Crippen LogP contribution in [0.2, 0.25) is 0 Å². The highest BCUT2D eigenvalue weighted by atomic mass is 16.5. The zero-order valence-corrected chi connectivity index (χ0v) is 16.5. The summed E-state index contributed by atoms with van der Waals surface area (Å²) in [5, 5.41) is 3.09. The van der Waals surface area contributed by atoms with E-state index in [0.717, 1.165) is 55.4 Å². The van der Waals surface area contributed by atoms with Crippen molar-refractivity contribution >= 4 is 16.9 Å². The number of aryl methyl sites for hydroxylation is 2. The summed E-state index contributed by atoms with van der Waals surface area (Å²) < 4.78 is 7.97. The third-order valence-electron chi connectivity index (χ3n) is 5.51. The van der Waals surface area contributed by atoms with Crippen molar-refractivity contribution in [1.82, 2.24) is 14.9 Å². The van der Waals surface area contributed by atoms with Gasteiger partial charge in [-0.2, -0.15) is 0 Å². The average molecular weight is 373 g/mol. The van der Waals surface area contributed by atoms with Crippen molar-refractivity contribution in [3.8, 4) is 0 Å². The first-order chi connectivity index (χ1) is 13.1. The number of hydrogen-bond donors (Lipinski definition) is 2. The molecule has 0 spiro atoms. The number of carbonyl (C=O) groups is 1. The normalized spacial score (nSPS) is 22.9. The zero-order chi connectivity index (χ0) is 19.2. The van der Waals surface area contributed by atoms with Crippen molar-refractivity contribution in [2.45, 2.75) is 57.6 Å². The largest absolute Gasteiger partial charge is 0.377 e. The number of nitrogens with one attached hydrogen (secondary N) is 1. The summed E-state index contributed by atoms with van der Waals surface area (Å²) in [6, 6.07) is 8.20. The molecule has 3 rings (SSSR count). The van der Waals surface area contributed by atoms with E-state index in [1.54, 1.807) is 0 Å². The lowest BCUT2D eigenvalue weighted by Crippen LogP contribution is -2.46. The minimum absolute atomic E-state index is 0.00875. The molecule has 27 heavy (non-hydrogen) atoms. The monoisotopic (exact) mass is 372 g/mol. The van der Waals surface area contributed by atoms with Crippen LogP contribution >= 0.6 is 0 Å². The molecule has 3 atom stereocenters. The van der Waals surface area contributed by atoms with Crippen LogP contribution in [0.5, 0.6) is 0 Å². The van der Waals surface area contributed by atoms with Crippen molar-refractivity contribution in [3.63, 3.8) is 0 Å². The number of rotatable bonds is 8. The van der Waals surface area contributed by atoms with E-state index in [-0.39, 0.29) is 24.0 Å². The van der Waals surface area contributed by atoms with Gasteiger partial charge in [0.05, 0.1) is 17.1 Å². The van der Waals surface area contributed by atoms with Crippen molar-refractivity contribution in [2.24, 2.45) is 18.7 Å². The van der Waals surface area contributed by atoms with Crippen molar-refractivity contribution in [1.29, 1.82) is 0 Å².